The van der Waals surface area contributed by atoms with Crippen LogP contribution in [0.5, 0.6) is 5.75 Å². The molecule has 0 heterocycles. The minimum Gasteiger partial charge on any atom is -0.489 e. The smallest absolute Gasteiger partial charge is 0.123 e. The first-order valence-corrected chi connectivity index (χ1v) is 6.83. The number of rotatable bonds is 5. The van der Waals surface area contributed by atoms with E-state index in [0.717, 1.165) is 28.9 Å². The third-order valence-corrected chi connectivity index (χ3v) is 3.45. The molecule has 0 aromatic heterocycles. The topological polar surface area (TPSA) is 35.2 Å². The standard InChI is InChI=1S/C17H20FNO/c1-3-17(19)13-5-8-16(9-6-13)20-11-14-4-7-15(18)10-12(14)2/h4-10,17H,3,11,19H2,1-2H3/t17-/m1/s1. The van der Waals surface area contributed by atoms with E-state index in [-0.39, 0.29) is 11.9 Å². The van der Waals surface area contributed by atoms with Gasteiger partial charge in [0.1, 0.15) is 18.2 Å². The summed E-state index contributed by atoms with van der Waals surface area (Å²) in [6.07, 6.45) is 0.912. The molecule has 0 saturated carbocycles. The maximum Gasteiger partial charge on any atom is 0.123 e. The molecule has 0 spiro atoms. The third-order valence-electron chi connectivity index (χ3n) is 3.45. The van der Waals surface area contributed by atoms with E-state index in [1.807, 2.05) is 31.2 Å². The molecular formula is C17H20FNO. The Labute approximate surface area is 119 Å². The Morgan fingerprint density at radius 1 is 1.15 bits per heavy atom. The second-order valence-electron chi connectivity index (χ2n) is 4.94. The molecule has 2 aromatic rings. The summed E-state index contributed by atoms with van der Waals surface area (Å²) in [6, 6.07) is 12.6. The number of halogens is 1. The van der Waals surface area contributed by atoms with Crippen molar-refractivity contribution in [3.05, 3.63) is 65.0 Å². The van der Waals surface area contributed by atoms with Gasteiger partial charge in [0.2, 0.25) is 0 Å². The fourth-order valence-corrected chi connectivity index (χ4v) is 2.03. The van der Waals surface area contributed by atoms with Crippen molar-refractivity contribution in [1.29, 1.82) is 0 Å². The van der Waals surface area contributed by atoms with E-state index in [4.69, 9.17) is 10.5 Å². The molecule has 2 rings (SSSR count). The number of hydrogen-bond donors (Lipinski definition) is 1. The van der Waals surface area contributed by atoms with Crippen LogP contribution in [-0.4, -0.2) is 0 Å². The van der Waals surface area contributed by atoms with Crippen molar-refractivity contribution in [2.45, 2.75) is 32.9 Å². The van der Waals surface area contributed by atoms with Crippen molar-refractivity contribution >= 4 is 0 Å². The van der Waals surface area contributed by atoms with Gasteiger partial charge in [0.15, 0.2) is 0 Å². The molecule has 106 valence electrons. The van der Waals surface area contributed by atoms with Gasteiger partial charge >= 0.3 is 0 Å². The minimum atomic E-state index is -0.218. The molecule has 0 aliphatic heterocycles. The molecule has 2 aromatic carbocycles. The van der Waals surface area contributed by atoms with Crippen LogP contribution in [0.4, 0.5) is 4.39 Å². The zero-order valence-electron chi connectivity index (χ0n) is 11.9. The van der Waals surface area contributed by atoms with Gasteiger partial charge in [-0.1, -0.05) is 25.1 Å². The van der Waals surface area contributed by atoms with E-state index >= 15 is 0 Å². The van der Waals surface area contributed by atoms with Crippen molar-refractivity contribution in [3.8, 4) is 5.75 Å². The maximum absolute atomic E-state index is 13.0. The Morgan fingerprint density at radius 2 is 1.85 bits per heavy atom. The summed E-state index contributed by atoms with van der Waals surface area (Å²) in [6.45, 7) is 4.38. The summed E-state index contributed by atoms with van der Waals surface area (Å²) in [5.41, 5.74) is 8.96. The van der Waals surface area contributed by atoms with E-state index in [9.17, 15) is 4.39 Å². The minimum absolute atomic E-state index is 0.0726. The molecule has 0 saturated heterocycles. The molecule has 2 N–H and O–H groups in total. The summed E-state index contributed by atoms with van der Waals surface area (Å²) in [5.74, 6) is 0.574. The number of benzene rings is 2. The van der Waals surface area contributed by atoms with Gasteiger partial charge in [-0.15, -0.1) is 0 Å². The van der Waals surface area contributed by atoms with Gasteiger partial charge in [-0.05, 0) is 54.3 Å². The van der Waals surface area contributed by atoms with Crippen LogP contribution in [0, 0.1) is 12.7 Å². The Morgan fingerprint density at radius 3 is 2.45 bits per heavy atom. The lowest BCUT2D eigenvalue weighted by Gasteiger charge is -2.12. The second kappa shape index (κ2) is 6.53. The average molecular weight is 273 g/mol. The first kappa shape index (κ1) is 14.5. The third kappa shape index (κ3) is 3.58. The predicted molar refractivity (Wildman–Crippen MR) is 79.1 cm³/mol. The van der Waals surface area contributed by atoms with Gasteiger partial charge in [-0.25, -0.2) is 4.39 Å². The summed E-state index contributed by atoms with van der Waals surface area (Å²) < 4.78 is 18.7. The van der Waals surface area contributed by atoms with E-state index in [2.05, 4.69) is 6.92 Å². The van der Waals surface area contributed by atoms with Gasteiger partial charge < -0.3 is 10.5 Å². The molecule has 1 atom stereocenters. The molecule has 0 bridgehead atoms. The Balaban J connectivity index is 2.00. The lowest BCUT2D eigenvalue weighted by atomic mass is 10.1. The van der Waals surface area contributed by atoms with Crippen molar-refractivity contribution in [1.82, 2.24) is 0 Å². The van der Waals surface area contributed by atoms with Crippen LogP contribution in [0.1, 0.15) is 36.1 Å². The zero-order chi connectivity index (χ0) is 14.5. The second-order valence-corrected chi connectivity index (χ2v) is 4.94. The lowest BCUT2D eigenvalue weighted by molar-refractivity contribution is 0.305. The summed E-state index contributed by atoms with van der Waals surface area (Å²) >= 11 is 0. The van der Waals surface area contributed by atoms with Crippen LogP contribution in [0.15, 0.2) is 42.5 Å². The summed E-state index contributed by atoms with van der Waals surface area (Å²) in [4.78, 5) is 0. The maximum atomic E-state index is 13.0. The van der Waals surface area contributed by atoms with Gasteiger partial charge in [0.25, 0.3) is 0 Å². The Bertz CT molecular complexity index is 566. The first-order valence-electron chi connectivity index (χ1n) is 6.83. The molecule has 3 heteroatoms. The molecule has 0 amide bonds. The molecule has 20 heavy (non-hydrogen) atoms. The van der Waals surface area contributed by atoms with Gasteiger partial charge in [0, 0.05) is 6.04 Å². The van der Waals surface area contributed by atoms with Crippen LogP contribution in [0.25, 0.3) is 0 Å². The molecule has 0 unspecified atom stereocenters. The molecule has 0 radical (unpaired) electrons. The van der Waals surface area contributed by atoms with Crippen LogP contribution in [0.3, 0.4) is 0 Å². The van der Waals surface area contributed by atoms with Crippen molar-refractivity contribution < 1.29 is 9.13 Å². The molecule has 0 aliphatic rings. The van der Waals surface area contributed by atoms with Crippen LogP contribution < -0.4 is 10.5 Å². The molecule has 0 fully saturated rings. The number of nitrogens with two attached hydrogens (primary N) is 1. The van der Waals surface area contributed by atoms with Crippen molar-refractivity contribution in [3.63, 3.8) is 0 Å². The Hall–Kier alpha value is -1.87. The highest BCUT2D eigenvalue weighted by molar-refractivity contribution is 5.30. The SMILES string of the molecule is CC[C@@H](N)c1ccc(OCc2ccc(F)cc2C)cc1. The molecule has 2 nitrogen and oxygen atoms in total. The zero-order valence-corrected chi connectivity index (χ0v) is 11.9. The highest BCUT2D eigenvalue weighted by Crippen LogP contribution is 2.20. The van der Waals surface area contributed by atoms with E-state index < -0.39 is 0 Å². The fraction of sp³-hybridized carbons (Fsp3) is 0.294. The van der Waals surface area contributed by atoms with Crippen LogP contribution in [-0.2, 0) is 6.61 Å². The number of ether oxygens (including phenoxy) is 1. The van der Waals surface area contributed by atoms with E-state index in [1.54, 1.807) is 6.07 Å². The average Bonchev–Trinajstić information content (AvgIpc) is 2.46. The predicted octanol–water partition coefficient (Wildman–Crippen LogP) is 4.12. The van der Waals surface area contributed by atoms with Crippen LogP contribution >= 0.6 is 0 Å². The Kier molecular flexibility index (Phi) is 4.74. The van der Waals surface area contributed by atoms with Crippen molar-refractivity contribution in [2.75, 3.05) is 0 Å². The number of aryl methyl sites for hydroxylation is 1. The van der Waals surface area contributed by atoms with Gasteiger partial charge in [-0.2, -0.15) is 0 Å². The first-order chi connectivity index (χ1) is 9.60. The fourth-order valence-electron chi connectivity index (χ4n) is 2.03. The summed E-state index contributed by atoms with van der Waals surface area (Å²) in [5, 5.41) is 0. The highest BCUT2D eigenvalue weighted by Gasteiger charge is 2.04. The van der Waals surface area contributed by atoms with Crippen LogP contribution in [0.2, 0.25) is 0 Å². The summed E-state index contributed by atoms with van der Waals surface area (Å²) in [7, 11) is 0. The van der Waals surface area contributed by atoms with Gasteiger partial charge in [-0.3, -0.25) is 0 Å². The normalized spacial score (nSPS) is 12.2. The molecule has 0 aliphatic carbocycles. The van der Waals surface area contributed by atoms with Gasteiger partial charge in [0.05, 0.1) is 0 Å². The monoisotopic (exact) mass is 273 g/mol. The van der Waals surface area contributed by atoms with E-state index in [1.165, 1.54) is 12.1 Å². The lowest BCUT2D eigenvalue weighted by Crippen LogP contribution is -2.08. The van der Waals surface area contributed by atoms with E-state index in [0.29, 0.717) is 6.61 Å². The largest absolute Gasteiger partial charge is 0.489 e. The highest BCUT2D eigenvalue weighted by atomic mass is 19.1. The quantitative estimate of drug-likeness (QED) is 0.889. The number of hydrogen-bond acceptors (Lipinski definition) is 2. The molecular weight excluding hydrogens is 253 g/mol. The van der Waals surface area contributed by atoms with Crippen molar-refractivity contribution in [2.24, 2.45) is 5.73 Å².